The monoisotopic (exact) mass is 949 g/mol. The normalized spacial score (nSPS) is 12.6. The molecule has 0 saturated heterocycles. The molecule has 3 heterocycles. The molecule has 0 fully saturated rings. The summed E-state index contributed by atoms with van der Waals surface area (Å²) in [5.41, 5.74) is 16.4. The molecule has 0 aliphatic rings. The van der Waals surface area contributed by atoms with Crippen LogP contribution < -0.4 is 10.5 Å². The maximum atomic E-state index is 5.21. The van der Waals surface area contributed by atoms with Gasteiger partial charge in [-0.15, -0.1) is 41.1 Å². The first-order valence-electron chi connectivity index (χ1n) is 20.8. The van der Waals surface area contributed by atoms with Crippen molar-refractivity contribution in [2.45, 2.75) is 131 Å². The van der Waals surface area contributed by atoms with E-state index in [4.69, 9.17) is 19.9 Å². The second-order valence-electron chi connectivity index (χ2n) is 19.0. The Labute approximate surface area is 363 Å². The molecule has 0 aliphatic heterocycles. The number of nitrogens with zero attached hydrogens (tertiary/aromatic N) is 4. The summed E-state index contributed by atoms with van der Waals surface area (Å²) in [6.07, 6.45) is 1.92. The van der Waals surface area contributed by atoms with Crippen LogP contribution >= 0.6 is 0 Å². The SMILES string of the molecule is CC(C)c1cccc(C(C)C)c1-c1cc[c-]c(-c2cc(C(C)(C)C)c/c(=N/c3cc(C(C)(C)C)cc(-c4cc(-c5c(C(C)C)cccc5C(C)C)ccn4)n3)[n-]2)c1.[Pt+2]. The third-order valence-corrected chi connectivity index (χ3v) is 11.0. The smallest absolute Gasteiger partial charge is 0.482 e. The van der Waals surface area contributed by atoms with Crippen LogP contribution in [0, 0.1) is 6.07 Å². The fourth-order valence-corrected chi connectivity index (χ4v) is 7.66. The van der Waals surface area contributed by atoms with Crippen LogP contribution in [0.5, 0.6) is 0 Å². The van der Waals surface area contributed by atoms with Crippen molar-refractivity contribution in [3.63, 3.8) is 0 Å². The number of hydrogen-bond donors (Lipinski definition) is 0. The number of aromatic nitrogens is 3. The average Bonchev–Trinajstić information content (AvgIpc) is 3.16. The molecule has 0 bridgehead atoms. The molecule has 58 heavy (non-hydrogen) atoms. The molecule has 0 aliphatic carbocycles. The Kier molecular flexibility index (Phi) is 13.7. The molecule has 0 amide bonds. The van der Waals surface area contributed by atoms with Crippen LogP contribution in [0.25, 0.3) is 44.9 Å². The Morgan fingerprint density at radius 1 is 0.569 bits per heavy atom. The summed E-state index contributed by atoms with van der Waals surface area (Å²) < 4.78 is 0. The molecule has 0 saturated carbocycles. The molecule has 4 nitrogen and oxygen atoms in total. The summed E-state index contributed by atoms with van der Waals surface area (Å²) >= 11 is 0. The van der Waals surface area contributed by atoms with Crippen molar-refractivity contribution in [1.82, 2.24) is 15.0 Å². The van der Waals surface area contributed by atoms with Gasteiger partial charge in [0.15, 0.2) is 0 Å². The van der Waals surface area contributed by atoms with Crippen LogP contribution in [-0.4, -0.2) is 9.97 Å². The van der Waals surface area contributed by atoms with Crippen molar-refractivity contribution in [3.8, 4) is 44.9 Å². The summed E-state index contributed by atoms with van der Waals surface area (Å²) in [6.45, 7) is 31.6. The minimum atomic E-state index is -0.142. The number of benzene rings is 3. The van der Waals surface area contributed by atoms with Gasteiger partial charge in [-0.1, -0.05) is 157 Å². The van der Waals surface area contributed by atoms with Crippen molar-refractivity contribution in [2.75, 3.05) is 0 Å². The van der Waals surface area contributed by atoms with Gasteiger partial charge in [-0.2, -0.15) is 0 Å². The summed E-state index contributed by atoms with van der Waals surface area (Å²) in [7, 11) is 0. The molecular weight excluding hydrogens is 888 g/mol. The third kappa shape index (κ3) is 9.89. The first kappa shape index (κ1) is 44.7. The predicted octanol–water partition coefficient (Wildman–Crippen LogP) is 14.2. The van der Waals surface area contributed by atoms with E-state index in [1.165, 1.54) is 38.9 Å². The Morgan fingerprint density at radius 2 is 1.07 bits per heavy atom. The Morgan fingerprint density at radius 3 is 1.57 bits per heavy atom. The number of hydrogen-bond acceptors (Lipinski definition) is 3. The zero-order chi connectivity index (χ0) is 41.4. The van der Waals surface area contributed by atoms with E-state index in [9.17, 15) is 0 Å². The number of pyridine rings is 3. The Bertz CT molecular complexity index is 2400. The molecule has 0 atom stereocenters. The quantitative estimate of drug-likeness (QED) is 0.136. The van der Waals surface area contributed by atoms with Crippen LogP contribution in [0.15, 0.2) is 102 Å². The van der Waals surface area contributed by atoms with Crippen LogP contribution in [-0.2, 0) is 31.9 Å². The fourth-order valence-electron chi connectivity index (χ4n) is 7.66. The van der Waals surface area contributed by atoms with Crippen LogP contribution in [0.2, 0.25) is 0 Å². The molecule has 3 aromatic carbocycles. The van der Waals surface area contributed by atoms with Gasteiger partial charge < -0.3 is 9.98 Å². The molecule has 6 rings (SSSR count). The van der Waals surface area contributed by atoms with Crippen molar-refractivity contribution >= 4 is 5.82 Å². The zero-order valence-electron chi connectivity index (χ0n) is 37.2. The van der Waals surface area contributed by atoms with Crippen molar-refractivity contribution < 1.29 is 21.1 Å². The minimum Gasteiger partial charge on any atom is -0.482 e. The summed E-state index contributed by atoms with van der Waals surface area (Å²) in [4.78, 5) is 20.5. The van der Waals surface area contributed by atoms with Gasteiger partial charge in [0.05, 0.1) is 17.2 Å². The van der Waals surface area contributed by atoms with Gasteiger partial charge in [0.2, 0.25) is 0 Å². The molecule has 3 aromatic heterocycles. The molecule has 5 heteroatoms. The van der Waals surface area contributed by atoms with E-state index in [1.807, 2.05) is 12.3 Å². The van der Waals surface area contributed by atoms with E-state index in [2.05, 4.69) is 188 Å². The number of rotatable bonds is 9. The van der Waals surface area contributed by atoms with Gasteiger partial charge in [0, 0.05) is 6.20 Å². The first-order chi connectivity index (χ1) is 26.8. The third-order valence-electron chi connectivity index (χ3n) is 11.0. The van der Waals surface area contributed by atoms with Gasteiger partial charge in [0.1, 0.15) is 0 Å². The molecule has 0 unspecified atom stereocenters. The predicted molar refractivity (Wildman–Crippen MR) is 241 cm³/mol. The molecule has 0 N–H and O–H groups in total. The summed E-state index contributed by atoms with van der Waals surface area (Å²) in [6, 6.07) is 36.4. The molecule has 6 aromatic rings. The van der Waals surface area contributed by atoms with Crippen LogP contribution in [0.3, 0.4) is 0 Å². The van der Waals surface area contributed by atoms with E-state index in [0.717, 1.165) is 39.3 Å². The van der Waals surface area contributed by atoms with E-state index < -0.39 is 0 Å². The molecule has 0 spiro atoms. The van der Waals surface area contributed by atoms with Crippen molar-refractivity contribution in [2.24, 2.45) is 4.99 Å². The fraction of sp³-hybridized carbons (Fsp3) is 0.377. The average molecular weight is 950 g/mol. The van der Waals surface area contributed by atoms with Crippen molar-refractivity contribution in [1.29, 1.82) is 0 Å². The maximum Gasteiger partial charge on any atom is 2.00 e. The molecule has 0 radical (unpaired) electrons. The van der Waals surface area contributed by atoms with Gasteiger partial charge in [-0.05, 0) is 103 Å². The van der Waals surface area contributed by atoms with Crippen molar-refractivity contribution in [3.05, 3.63) is 142 Å². The standard InChI is InChI=1S/C53H62N4.Pt/c1-32(2)41-20-16-21-42(33(3)4)50(41)37-19-15-18-36(26-37)45-28-39(52(9,10)11)30-48(55-45)57-49-31-40(53(12,13)14)29-47(56-49)46-27-38(24-25-54-46)51-43(34(5)6)22-17-23-44(51)35(7)8;/h15-17,19-35H,1-14H3;/q-2;+2. The van der Waals surface area contributed by atoms with E-state index in [0.29, 0.717) is 35.0 Å². The van der Waals surface area contributed by atoms with Gasteiger partial charge in [-0.25, -0.2) is 0 Å². The summed E-state index contributed by atoms with van der Waals surface area (Å²) in [5.74, 6) is 2.18. The topological polar surface area (TPSA) is 52.2 Å². The molecule has 304 valence electrons. The Hall–Kier alpha value is -4.40. The first-order valence-corrected chi connectivity index (χ1v) is 20.8. The van der Waals surface area contributed by atoms with E-state index in [-0.39, 0.29) is 31.9 Å². The molecular formula is C53H62N4Pt. The van der Waals surface area contributed by atoms with Crippen LogP contribution in [0.1, 0.15) is 154 Å². The van der Waals surface area contributed by atoms with Gasteiger partial charge >= 0.3 is 21.1 Å². The van der Waals surface area contributed by atoms with Crippen LogP contribution in [0.4, 0.5) is 5.82 Å². The zero-order valence-corrected chi connectivity index (χ0v) is 39.4. The van der Waals surface area contributed by atoms with Gasteiger partial charge in [0.25, 0.3) is 0 Å². The second-order valence-corrected chi connectivity index (χ2v) is 19.0. The second kappa shape index (κ2) is 17.8. The summed E-state index contributed by atoms with van der Waals surface area (Å²) in [5, 5.41) is 0. The van der Waals surface area contributed by atoms with E-state index >= 15 is 0 Å². The minimum absolute atomic E-state index is 0. The van der Waals surface area contributed by atoms with Gasteiger partial charge in [-0.3, -0.25) is 9.97 Å². The maximum absolute atomic E-state index is 5.21. The Balaban J connectivity index is 0.00000641. The van der Waals surface area contributed by atoms with E-state index in [1.54, 1.807) is 0 Å². The largest absolute Gasteiger partial charge is 2.00 e.